The molecule has 1 aliphatic heterocycles. The standard InChI is InChI=1S/C28H24BrN3O3/c29-21-10-12-22(13-11-21)32-27(34)17-25(28(32)35)31(26(33)16-19-6-2-1-3-7-19)15-14-20-18-30-24-9-5-4-8-23(20)24/h1-13,18,25,30H,14-17H2. The van der Waals surface area contributed by atoms with Crippen molar-refractivity contribution in [2.45, 2.75) is 25.3 Å². The molecule has 1 N–H and O–H groups in total. The fourth-order valence-corrected chi connectivity index (χ4v) is 4.89. The van der Waals surface area contributed by atoms with Crippen LogP contribution >= 0.6 is 15.9 Å². The minimum Gasteiger partial charge on any atom is -0.361 e. The van der Waals surface area contributed by atoms with E-state index in [0.717, 1.165) is 26.5 Å². The van der Waals surface area contributed by atoms with Gasteiger partial charge in [0.05, 0.1) is 18.5 Å². The van der Waals surface area contributed by atoms with Crippen LogP contribution in [0.2, 0.25) is 0 Å². The number of H-pyrrole nitrogens is 1. The molecule has 1 atom stereocenters. The van der Waals surface area contributed by atoms with Crippen molar-refractivity contribution >= 4 is 50.2 Å². The molecule has 1 saturated heterocycles. The van der Waals surface area contributed by atoms with E-state index in [0.29, 0.717) is 18.7 Å². The summed E-state index contributed by atoms with van der Waals surface area (Å²) in [5.74, 6) is -0.829. The number of fused-ring (bicyclic) bond motifs is 1. The first-order valence-electron chi connectivity index (χ1n) is 11.5. The summed E-state index contributed by atoms with van der Waals surface area (Å²) in [7, 11) is 0. The molecule has 5 rings (SSSR count). The van der Waals surface area contributed by atoms with Crippen LogP contribution in [0.5, 0.6) is 0 Å². The zero-order valence-electron chi connectivity index (χ0n) is 19.0. The third-order valence-corrected chi connectivity index (χ3v) is 6.93. The topological polar surface area (TPSA) is 73.5 Å². The lowest BCUT2D eigenvalue weighted by molar-refractivity contribution is -0.137. The molecule has 2 heterocycles. The van der Waals surface area contributed by atoms with Gasteiger partial charge in [0, 0.05) is 28.1 Å². The van der Waals surface area contributed by atoms with Crippen LogP contribution in [-0.2, 0) is 27.2 Å². The molecule has 1 unspecified atom stereocenters. The average molecular weight is 530 g/mol. The van der Waals surface area contributed by atoms with Crippen molar-refractivity contribution in [3.63, 3.8) is 0 Å². The quantitative estimate of drug-likeness (QED) is 0.347. The summed E-state index contributed by atoms with van der Waals surface area (Å²) in [4.78, 5) is 45.9. The number of para-hydroxylation sites is 1. The third-order valence-electron chi connectivity index (χ3n) is 6.40. The minimum atomic E-state index is -0.826. The Hall–Kier alpha value is -3.71. The Labute approximate surface area is 211 Å². The minimum absolute atomic E-state index is 0.0245. The highest BCUT2D eigenvalue weighted by Gasteiger charge is 2.44. The smallest absolute Gasteiger partial charge is 0.257 e. The van der Waals surface area contributed by atoms with Crippen LogP contribution in [-0.4, -0.2) is 40.2 Å². The first-order valence-corrected chi connectivity index (χ1v) is 12.3. The molecule has 7 heteroatoms. The fourth-order valence-electron chi connectivity index (χ4n) is 4.63. The van der Waals surface area contributed by atoms with Crippen molar-refractivity contribution < 1.29 is 14.4 Å². The van der Waals surface area contributed by atoms with Gasteiger partial charge in [0.1, 0.15) is 6.04 Å². The van der Waals surface area contributed by atoms with Crippen molar-refractivity contribution in [2.75, 3.05) is 11.4 Å². The van der Waals surface area contributed by atoms with E-state index in [1.54, 1.807) is 29.2 Å². The number of carbonyl (C=O) groups excluding carboxylic acids is 3. The zero-order chi connectivity index (χ0) is 24.4. The molecule has 176 valence electrons. The number of rotatable bonds is 7. The van der Waals surface area contributed by atoms with Gasteiger partial charge in [0.15, 0.2) is 0 Å². The molecule has 1 fully saturated rings. The van der Waals surface area contributed by atoms with Gasteiger partial charge in [0.25, 0.3) is 5.91 Å². The molecular weight excluding hydrogens is 506 g/mol. The lowest BCUT2D eigenvalue weighted by Gasteiger charge is -2.28. The normalized spacial score (nSPS) is 15.7. The molecule has 4 aromatic rings. The largest absolute Gasteiger partial charge is 0.361 e. The lowest BCUT2D eigenvalue weighted by Crippen LogP contribution is -2.47. The molecule has 1 aliphatic rings. The highest BCUT2D eigenvalue weighted by Crippen LogP contribution is 2.28. The van der Waals surface area contributed by atoms with Gasteiger partial charge in [-0.25, -0.2) is 4.90 Å². The van der Waals surface area contributed by atoms with Gasteiger partial charge in [-0.2, -0.15) is 0 Å². The molecule has 3 amide bonds. The second-order valence-corrected chi connectivity index (χ2v) is 9.54. The number of hydrogen-bond acceptors (Lipinski definition) is 3. The molecule has 6 nitrogen and oxygen atoms in total. The second-order valence-electron chi connectivity index (χ2n) is 8.62. The summed E-state index contributed by atoms with van der Waals surface area (Å²) in [5.41, 5.74) is 3.48. The van der Waals surface area contributed by atoms with E-state index in [-0.39, 0.29) is 30.6 Å². The summed E-state index contributed by atoms with van der Waals surface area (Å²) in [6, 6.07) is 23.7. The summed E-state index contributed by atoms with van der Waals surface area (Å²) in [6.07, 6.45) is 2.66. The van der Waals surface area contributed by atoms with Crippen molar-refractivity contribution in [2.24, 2.45) is 0 Å². The van der Waals surface area contributed by atoms with E-state index in [1.807, 2.05) is 60.8 Å². The predicted molar refractivity (Wildman–Crippen MR) is 139 cm³/mol. The number of aromatic amines is 1. The molecule has 0 radical (unpaired) electrons. The maximum Gasteiger partial charge on any atom is 0.257 e. The number of amides is 3. The first-order chi connectivity index (χ1) is 17.0. The Kier molecular flexibility index (Phi) is 6.51. The Bertz CT molecular complexity index is 1380. The second kappa shape index (κ2) is 9.88. The maximum atomic E-state index is 13.5. The SMILES string of the molecule is O=C1CC(N(CCc2c[nH]c3ccccc23)C(=O)Cc2ccccc2)C(=O)N1c1ccc(Br)cc1. The average Bonchev–Trinajstić information content (AvgIpc) is 3.41. The molecule has 0 aliphatic carbocycles. The van der Waals surface area contributed by atoms with E-state index in [4.69, 9.17) is 0 Å². The van der Waals surface area contributed by atoms with Crippen LogP contribution in [0, 0.1) is 0 Å². The van der Waals surface area contributed by atoms with Crippen molar-refractivity contribution in [1.29, 1.82) is 0 Å². The number of halogens is 1. The molecule has 1 aromatic heterocycles. The Balaban J connectivity index is 1.42. The van der Waals surface area contributed by atoms with E-state index in [1.165, 1.54) is 4.90 Å². The van der Waals surface area contributed by atoms with Gasteiger partial charge in [0.2, 0.25) is 11.8 Å². The van der Waals surface area contributed by atoms with E-state index in [9.17, 15) is 14.4 Å². The highest BCUT2D eigenvalue weighted by atomic mass is 79.9. The summed E-state index contributed by atoms with van der Waals surface area (Å²) in [6.45, 7) is 0.339. The molecule has 3 aromatic carbocycles. The summed E-state index contributed by atoms with van der Waals surface area (Å²) >= 11 is 3.38. The van der Waals surface area contributed by atoms with Crippen LogP contribution in [0.4, 0.5) is 5.69 Å². The van der Waals surface area contributed by atoms with Gasteiger partial charge in [-0.05, 0) is 47.9 Å². The Morgan fingerprint density at radius 1 is 0.971 bits per heavy atom. The summed E-state index contributed by atoms with van der Waals surface area (Å²) < 4.78 is 0.857. The van der Waals surface area contributed by atoms with E-state index < -0.39 is 6.04 Å². The molecule has 0 spiro atoms. The van der Waals surface area contributed by atoms with Crippen LogP contribution in [0.25, 0.3) is 10.9 Å². The monoisotopic (exact) mass is 529 g/mol. The van der Waals surface area contributed by atoms with Gasteiger partial charge in [-0.15, -0.1) is 0 Å². The van der Waals surface area contributed by atoms with Crippen LogP contribution in [0.1, 0.15) is 17.5 Å². The first kappa shape index (κ1) is 23.1. The van der Waals surface area contributed by atoms with Crippen molar-refractivity contribution in [3.8, 4) is 0 Å². The van der Waals surface area contributed by atoms with Gasteiger partial charge >= 0.3 is 0 Å². The molecule has 0 saturated carbocycles. The van der Waals surface area contributed by atoms with E-state index in [2.05, 4.69) is 20.9 Å². The van der Waals surface area contributed by atoms with Crippen LogP contribution in [0.15, 0.2) is 89.5 Å². The van der Waals surface area contributed by atoms with Crippen LogP contribution in [0.3, 0.4) is 0 Å². The number of hydrogen-bond donors (Lipinski definition) is 1. The lowest BCUT2D eigenvalue weighted by atomic mass is 10.1. The number of nitrogens with one attached hydrogen (secondary N) is 1. The fraction of sp³-hybridized carbons (Fsp3) is 0.179. The number of nitrogens with zero attached hydrogens (tertiary/aromatic N) is 2. The zero-order valence-corrected chi connectivity index (χ0v) is 20.6. The maximum absolute atomic E-state index is 13.5. The van der Waals surface area contributed by atoms with Gasteiger partial charge in [-0.3, -0.25) is 14.4 Å². The predicted octanol–water partition coefficient (Wildman–Crippen LogP) is 4.88. The van der Waals surface area contributed by atoms with E-state index >= 15 is 0 Å². The Morgan fingerprint density at radius 3 is 2.46 bits per heavy atom. The molecule has 0 bridgehead atoms. The van der Waals surface area contributed by atoms with Gasteiger partial charge < -0.3 is 9.88 Å². The van der Waals surface area contributed by atoms with Gasteiger partial charge in [-0.1, -0.05) is 64.5 Å². The van der Waals surface area contributed by atoms with Crippen LogP contribution < -0.4 is 4.90 Å². The number of benzene rings is 3. The number of imide groups is 1. The summed E-state index contributed by atoms with van der Waals surface area (Å²) in [5, 5.41) is 1.09. The molecule has 35 heavy (non-hydrogen) atoms. The van der Waals surface area contributed by atoms with Crippen molar-refractivity contribution in [1.82, 2.24) is 9.88 Å². The number of anilines is 1. The highest BCUT2D eigenvalue weighted by molar-refractivity contribution is 9.10. The third kappa shape index (κ3) is 4.77. The number of aromatic nitrogens is 1. The van der Waals surface area contributed by atoms with Crippen molar-refractivity contribution in [3.05, 3.63) is 101 Å². The molecular formula is C28H24BrN3O3. The Morgan fingerprint density at radius 2 is 1.69 bits per heavy atom. The number of carbonyl (C=O) groups is 3.